The van der Waals surface area contributed by atoms with Crippen molar-refractivity contribution < 1.29 is 22.0 Å². The van der Waals surface area contributed by atoms with Gasteiger partial charge < -0.3 is 5.73 Å². The Bertz CT molecular complexity index is 251. The second-order valence-electron chi connectivity index (χ2n) is 2.86. The van der Waals surface area contributed by atoms with E-state index in [1.165, 1.54) is 6.92 Å². The molecule has 0 fully saturated rings. The van der Waals surface area contributed by atoms with Gasteiger partial charge in [-0.05, 0) is 6.92 Å². The van der Waals surface area contributed by atoms with Crippen molar-refractivity contribution >= 4 is 0 Å². The van der Waals surface area contributed by atoms with Gasteiger partial charge in [0.2, 0.25) is 0 Å². The van der Waals surface area contributed by atoms with E-state index in [-0.39, 0.29) is 0 Å². The van der Waals surface area contributed by atoms with Crippen LogP contribution in [0.3, 0.4) is 0 Å². The molecule has 0 saturated heterocycles. The van der Waals surface area contributed by atoms with Crippen LogP contribution in [0.2, 0.25) is 0 Å². The molecule has 0 bridgehead atoms. The maximum absolute atomic E-state index is 12.8. The lowest BCUT2D eigenvalue weighted by atomic mass is 10.1. The Labute approximate surface area is 78.1 Å². The average molecular weight is 215 g/mol. The monoisotopic (exact) mass is 215 g/mol. The Morgan fingerprint density at radius 3 is 2.00 bits per heavy atom. The molecule has 1 nitrogen and oxygen atoms in total. The van der Waals surface area contributed by atoms with Crippen LogP contribution in [-0.4, -0.2) is 12.2 Å². The highest BCUT2D eigenvalue weighted by Gasteiger charge is 2.39. The Balaban J connectivity index is 5.07. The third-order valence-corrected chi connectivity index (χ3v) is 1.33. The lowest BCUT2D eigenvalue weighted by Crippen LogP contribution is -2.19. The van der Waals surface area contributed by atoms with Crippen molar-refractivity contribution in [1.82, 2.24) is 0 Å². The Kier molecular flexibility index (Phi) is 4.25. The van der Waals surface area contributed by atoms with Crippen LogP contribution >= 0.6 is 0 Å². The van der Waals surface area contributed by atoms with Gasteiger partial charge in [-0.15, -0.1) is 0 Å². The van der Waals surface area contributed by atoms with Gasteiger partial charge in [0.15, 0.2) is 0 Å². The summed E-state index contributed by atoms with van der Waals surface area (Å²) in [6.07, 6.45) is -5.75. The van der Waals surface area contributed by atoms with Crippen molar-refractivity contribution in [3.05, 3.63) is 23.8 Å². The molecule has 14 heavy (non-hydrogen) atoms. The highest BCUT2D eigenvalue weighted by Crippen LogP contribution is 2.35. The zero-order valence-corrected chi connectivity index (χ0v) is 7.46. The minimum Gasteiger partial charge on any atom is -0.328 e. The van der Waals surface area contributed by atoms with Gasteiger partial charge in [-0.3, -0.25) is 0 Å². The lowest BCUT2D eigenvalue weighted by molar-refractivity contribution is -0.0931. The highest BCUT2D eigenvalue weighted by atomic mass is 19.4. The van der Waals surface area contributed by atoms with E-state index in [9.17, 15) is 22.0 Å². The van der Waals surface area contributed by atoms with Crippen LogP contribution < -0.4 is 5.73 Å². The van der Waals surface area contributed by atoms with Crippen molar-refractivity contribution in [3.8, 4) is 0 Å². The first-order valence-electron chi connectivity index (χ1n) is 3.72. The number of nitrogens with two attached hydrogens (primary N) is 1. The molecule has 0 saturated carbocycles. The molecule has 0 aliphatic rings. The summed E-state index contributed by atoms with van der Waals surface area (Å²) in [5.41, 5.74) is 3.12. The Morgan fingerprint density at radius 1 is 1.36 bits per heavy atom. The first-order valence-corrected chi connectivity index (χ1v) is 3.72. The van der Waals surface area contributed by atoms with E-state index in [1.807, 2.05) is 0 Å². The van der Waals surface area contributed by atoms with Crippen LogP contribution in [0, 0.1) is 0 Å². The van der Waals surface area contributed by atoms with E-state index >= 15 is 0 Å². The number of halogens is 5. The van der Waals surface area contributed by atoms with Crippen molar-refractivity contribution in [3.63, 3.8) is 0 Å². The van der Waals surface area contributed by atoms with Crippen LogP contribution in [0.5, 0.6) is 0 Å². The third-order valence-electron chi connectivity index (χ3n) is 1.33. The maximum atomic E-state index is 12.8. The van der Waals surface area contributed by atoms with Crippen molar-refractivity contribution in [2.24, 2.45) is 5.73 Å². The van der Waals surface area contributed by atoms with Crippen LogP contribution in [0.25, 0.3) is 0 Å². The predicted molar refractivity (Wildman–Crippen MR) is 42.7 cm³/mol. The minimum absolute atomic E-state index is 0.669. The van der Waals surface area contributed by atoms with Crippen LogP contribution in [0.1, 0.15) is 13.3 Å². The minimum atomic E-state index is -5.08. The molecule has 0 spiro atoms. The van der Waals surface area contributed by atoms with E-state index in [0.717, 1.165) is 0 Å². The molecule has 1 unspecified atom stereocenters. The number of allylic oxidation sites excluding steroid dienone is 2. The quantitative estimate of drug-likeness (QED) is 0.568. The summed E-state index contributed by atoms with van der Waals surface area (Å²) in [5, 5.41) is 0. The summed E-state index contributed by atoms with van der Waals surface area (Å²) in [7, 11) is 0. The van der Waals surface area contributed by atoms with Gasteiger partial charge >= 0.3 is 6.18 Å². The first-order chi connectivity index (χ1) is 6.16. The third kappa shape index (κ3) is 3.87. The van der Waals surface area contributed by atoms with E-state index in [0.29, 0.717) is 0 Å². The Morgan fingerprint density at radius 2 is 1.79 bits per heavy atom. The van der Waals surface area contributed by atoms with Crippen molar-refractivity contribution in [2.75, 3.05) is 0 Å². The van der Waals surface area contributed by atoms with Gasteiger partial charge in [0.25, 0.3) is 0 Å². The van der Waals surface area contributed by atoms with Crippen LogP contribution in [0.4, 0.5) is 22.0 Å². The topological polar surface area (TPSA) is 26.0 Å². The van der Waals surface area contributed by atoms with Gasteiger partial charge in [-0.2, -0.15) is 13.2 Å². The summed E-state index contributed by atoms with van der Waals surface area (Å²) in [6, 6.07) is -0.813. The van der Waals surface area contributed by atoms with E-state index in [1.54, 1.807) is 0 Å². The molecule has 0 aromatic heterocycles. The van der Waals surface area contributed by atoms with Gasteiger partial charge in [-0.25, -0.2) is 8.78 Å². The fourth-order valence-electron chi connectivity index (χ4n) is 0.840. The SMILES string of the molecule is C=C(F)/C(=C(/F)CC(C)N)C(F)(F)F. The molecule has 0 rings (SSSR count). The standard InChI is InChI=1S/C8H10F5N/c1-4(14)3-6(10)7(5(2)9)8(11,12)13/h4H,2-3,14H2,1H3/b7-6-. The molecule has 82 valence electrons. The molecule has 2 N–H and O–H groups in total. The Hall–Kier alpha value is -0.910. The summed E-state index contributed by atoms with van der Waals surface area (Å²) in [4.78, 5) is 0. The summed E-state index contributed by atoms with van der Waals surface area (Å²) >= 11 is 0. The number of rotatable bonds is 3. The number of alkyl halides is 3. The summed E-state index contributed by atoms with van der Waals surface area (Å²) < 4.78 is 61.2. The van der Waals surface area contributed by atoms with Gasteiger partial charge in [0.1, 0.15) is 17.2 Å². The van der Waals surface area contributed by atoms with Gasteiger partial charge in [-0.1, -0.05) is 6.58 Å². The van der Waals surface area contributed by atoms with Crippen molar-refractivity contribution in [1.29, 1.82) is 0 Å². The fourth-order valence-corrected chi connectivity index (χ4v) is 0.840. The number of hydrogen-bond acceptors (Lipinski definition) is 1. The maximum Gasteiger partial charge on any atom is 0.421 e. The second kappa shape index (κ2) is 4.54. The normalized spacial score (nSPS) is 16.2. The molecule has 0 heterocycles. The van der Waals surface area contributed by atoms with Crippen LogP contribution in [-0.2, 0) is 0 Å². The van der Waals surface area contributed by atoms with Crippen LogP contribution in [0.15, 0.2) is 23.8 Å². The molecule has 0 aliphatic carbocycles. The zero-order valence-electron chi connectivity index (χ0n) is 7.46. The summed E-state index contributed by atoms with van der Waals surface area (Å²) in [6.45, 7) is 3.74. The highest BCUT2D eigenvalue weighted by molar-refractivity contribution is 5.30. The predicted octanol–water partition coefficient (Wildman–Crippen LogP) is 2.99. The molecule has 0 radical (unpaired) electrons. The molecule has 0 aliphatic heterocycles. The number of hydrogen-bond donors (Lipinski definition) is 1. The largest absolute Gasteiger partial charge is 0.421 e. The van der Waals surface area contributed by atoms with E-state index in [2.05, 4.69) is 6.58 Å². The molecule has 0 aromatic rings. The molecule has 0 amide bonds. The van der Waals surface area contributed by atoms with E-state index < -0.39 is 35.9 Å². The lowest BCUT2D eigenvalue weighted by Gasteiger charge is -2.12. The molecule has 6 heteroatoms. The van der Waals surface area contributed by atoms with Crippen molar-refractivity contribution in [2.45, 2.75) is 25.6 Å². The molecule has 1 atom stereocenters. The zero-order chi connectivity index (χ0) is 11.5. The summed E-state index contributed by atoms with van der Waals surface area (Å²) in [5.74, 6) is -3.46. The van der Waals surface area contributed by atoms with Gasteiger partial charge in [0.05, 0.1) is 0 Å². The van der Waals surface area contributed by atoms with Gasteiger partial charge in [0, 0.05) is 12.5 Å². The smallest absolute Gasteiger partial charge is 0.328 e. The van der Waals surface area contributed by atoms with E-state index in [4.69, 9.17) is 5.73 Å². The molecular weight excluding hydrogens is 205 g/mol. The first kappa shape index (κ1) is 13.1. The second-order valence-corrected chi connectivity index (χ2v) is 2.86. The molecular formula is C8H10F5N. The fraction of sp³-hybridized carbons (Fsp3) is 0.500. The molecule has 0 aromatic carbocycles. The average Bonchev–Trinajstić information content (AvgIpc) is 1.78.